The van der Waals surface area contributed by atoms with E-state index in [2.05, 4.69) is 13.8 Å². The Balaban J connectivity index is 1.87. The molecule has 0 aromatic carbocycles. The number of carbonyl (C=O) groups is 2. The molecule has 20 heavy (non-hydrogen) atoms. The van der Waals surface area contributed by atoms with Gasteiger partial charge in [0, 0.05) is 19.0 Å². The Labute approximate surface area is 121 Å². The third kappa shape index (κ3) is 3.74. The highest BCUT2D eigenvalue weighted by Gasteiger charge is 2.33. The molecule has 0 bridgehead atoms. The van der Waals surface area contributed by atoms with Crippen LogP contribution in [0.25, 0.3) is 0 Å². The Morgan fingerprint density at radius 1 is 1.00 bits per heavy atom. The predicted molar refractivity (Wildman–Crippen MR) is 77.3 cm³/mol. The number of aliphatic carboxylic acids is 1. The molecule has 1 saturated carbocycles. The summed E-state index contributed by atoms with van der Waals surface area (Å²) in [4.78, 5) is 25.6. The van der Waals surface area contributed by atoms with Crippen LogP contribution in [0.5, 0.6) is 0 Å². The standard InChI is InChI=1S/C16H27NO3/c1-16(2)8-3-10-17(11-9-16)14(18)12-4-6-13(7-5-12)15(19)20/h12-13H,3-11H2,1-2H3,(H,19,20). The second-order valence-electron chi connectivity index (χ2n) is 7.23. The number of carboxylic acid groups (broad SMARTS) is 1. The lowest BCUT2D eigenvalue weighted by Gasteiger charge is -2.30. The topological polar surface area (TPSA) is 57.6 Å². The van der Waals surface area contributed by atoms with Crippen LogP contribution >= 0.6 is 0 Å². The van der Waals surface area contributed by atoms with Crippen molar-refractivity contribution >= 4 is 11.9 Å². The Bertz CT molecular complexity index is 370. The fraction of sp³-hybridized carbons (Fsp3) is 0.875. The van der Waals surface area contributed by atoms with Gasteiger partial charge in [-0.3, -0.25) is 9.59 Å². The molecule has 4 heteroatoms. The monoisotopic (exact) mass is 281 g/mol. The molecule has 1 amide bonds. The summed E-state index contributed by atoms with van der Waals surface area (Å²) in [7, 11) is 0. The summed E-state index contributed by atoms with van der Waals surface area (Å²) in [5.74, 6) is -0.604. The second kappa shape index (κ2) is 6.15. The highest BCUT2D eigenvalue weighted by molar-refractivity contribution is 5.79. The molecule has 0 aromatic rings. The van der Waals surface area contributed by atoms with E-state index in [-0.39, 0.29) is 17.7 Å². The van der Waals surface area contributed by atoms with Gasteiger partial charge in [0.25, 0.3) is 0 Å². The molecule has 4 nitrogen and oxygen atoms in total. The molecule has 1 aliphatic carbocycles. The molecule has 1 heterocycles. The maximum atomic E-state index is 12.6. The molecular weight excluding hydrogens is 254 g/mol. The van der Waals surface area contributed by atoms with Crippen molar-refractivity contribution in [2.24, 2.45) is 17.3 Å². The van der Waals surface area contributed by atoms with Crippen LogP contribution in [0.1, 0.15) is 58.8 Å². The first kappa shape index (κ1) is 15.3. The Morgan fingerprint density at radius 2 is 1.60 bits per heavy atom. The molecule has 0 radical (unpaired) electrons. The maximum Gasteiger partial charge on any atom is 0.306 e. The molecule has 2 aliphatic rings. The van der Waals surface area contributed by atoms with Gasteiger partial charge in [0.2, 0.25) is 5.91 Å². The van der Waals surface area contributed by atoms with Gasteiger partial charge in [-0.1, -0.05) is 13.8 Å². The number of carboxylic acids is 1. The molecule has 1 aliphatic heterocycles. The summed E-state index contributed by atoms with van der Waals surface area (Å²) in [6, 6.07) is 0. The smallest absolute Gasteiger partial charge is 0.306 e. The number of likely N-dealkylation sites (tertiary alicyclic amines) is 1. The molecule has 0 spiro atoms. The highest BCUT2D eigenvalue weighted by atomic mass is 16.4. The van der Waals surface area contributed by atoms with Crippen molar-refractivity contribution in [3.8, 4) is 0 Å². The number of amides is 1. The summed E-state index contributed by atoms with van der Waals surface area (Å²) in [6.45, 7) is 6.30. The van der Waals surface area contributed by atoms with E-state index in [1.807, 2.05) is 4.90 Å². The molecule has 0 aromatic heterocycles. The Morgan fingerprint density at radius 3 is 2.20 bits per heavy atom. The number of carbonyl (C=O) groups excluding carboxylic acids is 1. The van der Waals surface area contributed by atoms with Crippen molar-refractivity contribution in [2.75, 3.05) is 13.1 Å². The Kier molecular flexibility index (Phi) is 4.71. The minimum absolute atomic E-state index is 0.0619. The van der Waals surface area contributed by atoms with Crippen LogP contribution in [0.3, 0.4) is 0 Å². The van der Waals surface area contributed by atoms with E-state index in [9.17, 15) is 9.59 Å². The van der Waals surface area contributed by atoms with E-state index >= 15 is 0 Å². The minimum Gasteiger partial charge on any atom is -0.481 e. The molecule has 2 rings (SSSR count). The summed E-state index contributed by atoms with van der Waals surface area (Å²) in [5.41, 5.74) is 0.343. The largest absolute Gasteiger partial charge is 0.481 e. The molecule has 0 atom stereocenters. The third-order valence-electron chi connectivity index (χ3n) is 5.08. The van der Waals surface area contributed by atoms with Crippen LogP contribution in [0, 0.1) is 17.3 Å². The van der Waals surface area contributed by atoms with Gasteiger partial charge in [-0.05, 0) is 50.4 Å². The van der Waals surface area contributed by atoms with Crippen LogP contribution in [0.15, 0.2) is 0 Å². The zero-order valence-electron chi connectivity index (χ0n) is 12.7. The quantitative estimate of drug-likeness (QED) is 0.846. The highest BCUT2D eigenvalue weighted by Crippen LogP contribution is 2.33. The normalized spacial score (nSPS) is 30.6. The molecular formula is C16H27NO3. The van der Waals surface area contributed by atoms with Gasteiger partial charge in [-0.2, -0.15) is 0 Å². The number of nitrogens with zero attached hydrogens (tertiary/aromatic N) is 1. The zero-order chi connectivity index (χ0) is 14.8. The lowest BCUT2D eigenvalue weighted by atomic mass is 9.81. The zero-order valence-corrected chi connectivity index (χ0v) is 12.7. The molecule has 1 N–H and O–H groups in total. The predicted octanol–water partition coefficient (Wildman–Crippen LogP) is 2.92. The van der Waals surface area contributed by atoms with Gasteiger partial charge in [0.1, 0.15) is 0 Å². The van der Waals surface area contributed by atoms with Crippen LogP contribution in [0.2, 0.25) is 0 Å². The van der Waals surface area contributed by atoms with Crippen molar-refractivity contribution < 1.29 is 14.7 Å². The number of hydrogen-bond donors (Lipinski definition) is 1. The van der Waals surface area contributed by atoms with Crippen molar-refractivity contribution in [1.29, 1.82) is 0 Å². The van der Waals surface area contributed by atoms with E-state index < -0.39 is 5.97 Å². The second-order valence-corrected chi connectivity index (χ2v) is 7.23. The average Bonchev–Trinajstić information content (AvgIpc) is 2.59. The fourth-order valence-corrected chi connectivity index (χ4v) is 3.49. The summed E-state index contributed by atoms with van der Waals surface area (Å²) in [5, 5.41) is 9.01. The molecule has 2 fully saturated rings. The van der Waals surface area contributed by atoms with Crippen molar-refractivity contribution in [1.82, 2.24) is 4.90 Å². The van der Waals surface area contributed by atoms with E-state index in [1.165, 1.54) is 6.42 Å². The van der Waals surface area contributed by atoms with Crippen LogP contribution in [-0.2, 0) is 9.59 Å². The van der Waals surface area contributed by atoms with Crippen LogP contribution < -0.4 is 0 Å². The first-order valence-corrected chi connectivity index (χ1v) is 7.91. The number of rotatable bonds is 2. The SMILES string of the molecule is CC1(C)CCCN(C(=O)C2CCC(C(=O)O)CC2)CC1. The summed E-state index contributed by atoms with van der Waals surface area (Å²) < 4.78 is 0. The van der Waals surface area contributed by atoms with Gasteiger partial charge in [0.05, 0.1) is 5.92 Å². The van der Waals surface area contributed by atoms with E-state index in [1.54, 1.807) is 0 Å². The van der Waals surface area contributed by atoms with E-state index in [0.29, 0.717) is 18.3 Å². The minimum atomic E-state index is -0.701. The van der Waals surface area contributed by atoms with Gasteiger partial charge >= 0.3 is 5.97 Å². The van der Waals surface area contributed by atoms with Crippen molar-refractivity contribution in [3.63, 3.8) is 0 Å². The van der Waals surface area contributed by atoms with Gasteiger partial charge < -0.3 is 10.0 Å². The van der Waals surface area contributed by atoms with Crippen molar-refractivity contribution in [3.05, 3.63) is 0 Å². The molecule has 1 saturated heterocycles. The van der Waals surface area contributed by atoms with E-state index in [4.69, 9.17) is 5.11 Å². The van der Waals surface area contributed by atoms with Gasteiger partial charge in [-0.15, -0.1) is 0 Å². The first-order chi connectivity index (χ1) is 9.39. The third-order valence-corrected chi connectivity index (χ3v) is 5.08. The Hall–Kier alpha value is -1.06. The van der Waals surface area contributed by atoms with Crippen LogP contribution in [-0.4, -0.2) is 35.0 Å². The van der Waals surface area contributed by atoms with Gasteiger partial charge in [0.15, 0.2) is 0 Å². The summed E-state index contributed by atoms with van der Waals surface area (Å²) in [6.07, 6.45) is 6.15. The van der Waals surface area contributed by atoms with Crippen molar-refractivity contribution in [2.45, 2.75) is 58.8 Å². The lowest BCUT2D eigenvalue weighted by molar-refractivity contribution is -0.145. The molecule has 0 unspecified atom stereocenters. The first-order valence-electron chi connectivity index (χ1n) is 7.91. The van der Waals surface area contributed by atoms with Crippen LogP contribution in [0.4, 0.5) is 0 Å². The fourth-order valence-electron chi connectivity index (χ4n) is 3.49. The number of hydrogen-bond acceptors (Lipinski definition) is 2. The van der Waals surface area contributed by atoms with E-state index in [0.717, 1.165) is 38.8 Å². The van der Waals surface area contributed by atoms with Gasteiger partial charge in [-0.25, -0.2) is 0 Å². The summed E-state index contributed by atoms with van der Waals surface area (Å²) >= 11 is 0. The average molecular weight is 281 g/mol. The lowest BCUT2D eigenvalue weighted by Crippen LogP contribution is -2.39. The maximum absolute atomic E-state index is 12.6. The molecule has 114 valence electrons.